The lowest BCUT2D eigenvalue weighted by molar-refractivity contribution is 0.274. The van der Waals surface area contributed by atoms with E-state index < -0.39 is 0 Å². The van der Waals surface area contributed by atoms with Crippen LogP contribution < -0.4 is 5.73 Å². The molecule has 0 radical (unpaired) electrons. The summed E-state index contributed by atoms with van der Waals surface area (Å²) < 4.78 is 1.94. The summed E-state index contributed by atoms with van der Waals surface area (Å²) in [5, 5.41) is 4.45. The van der Waals surface area contributed by atoms with Crippen molar-refractivity contribution < 1.29 is 0 Å². The van der Waals surface area contributed by atoms with Gasteiger partial charge in [-0.25, -0.2) is 4.68 Å². The van der Waals surface area contributed by atoms with Gasteiger partial charge in [0.1, 0.15) is 0 Å². The molecular formula is C16H22N4. The van der Waals surface area contributed by atoms with Gasteiger partial charge in [-0.3, -0.25) is 4.90 Å². The van der Waals surface area contributed by atoms with Crippen LogP contribution in [-0.4, -0.2) is 34.3 Å². The van der Waals surface area contributed by atoms with Gasteiger partial charge < -0.3 is 5.73 Å². The van der Waals surface area contributed by atoms with E-state index in [0.29, 0.717) is 0 Å². The molecule has 4 nitrogen and oxygen atoms in total. The Balaban J connectivity index is 1.67. The Morgan fingerprint density at radius 3 is 2.80 bits per heavy atom. The van der Waals surface area contributed by atoms with Crippen LogP contribution in [-0.2, 0) is 6.54 Å². The first-order chi connectivity index (χ1) is 9.68. The van der Waals surface area contributed by atoms with Gasteiger partial charge in [0.15, 0.2) is 0 Å². The lowest BCUT2D eigenvalue weighted by Crippen LogP contribution is -2.31. The largest absolute Gasteiger partial charge is 0.330 e. The van der Waals surface area contributed by atoms with Crippen molar-refractivity contribution in [2.24, 2.45) is 11.1 Å². The second kappa shape index (κ2) is 5.38. The van der Waals surface area contributed by atoms with E-state index in [1.54, 1.807) is 0 Å². The van der Waals surface area contributed by atoms with Crippen molar-refractivity contribution in [3.63, 3.8) is 0 Å². The highest BCUT2D eigenvalue weighted by Crippen LogP contribution is 2.29. The maximum Gasteiger partial charge on any atom is 0.0645 e. The molecule has 1 aliphatic rings. The highest BCUT2D eigenvalue weighted by Gasteiger charge is 2.32. The van der Waals surface area contributed by atoms with Gasteiger partial charge in [-0.2, -0.15) is 5.10 Å². The number of benzene rings is 1. The summed E-state index contributed by atoms with van der Waals surface area (Å²) in [4.78, 5) is 2.47. The molecule has 1 fully saturated rings. The smallest absolute Gasteiger partial charge is 0.0645 e. The molecule has 106 valence electrons. The Bertz CT molecular complexity index is 563. The summed E-state index contributed by atoms with van der Waals surface area (Å²) in [6.45, 7) is 6.22. The van der Waals surface area contributed by atoms with Crippen LogP contribution in [0.2, 0.25) is 0 Å². The van der Waals surface area contributed by atoms with Gasteiger partial charge in [-0.05, 0) is 37.1 Å². The summed E-state index contributed by atoms with van der Waals surface area (Å²) in [6.07, 6.45) is 5.27. The fourth-order valence-electron chi connectivity index (χ4n) is 2.85. The summed E-state index contributed by atoms with van der Waals surface area (Å²) in [6, 6.07) is 10.2. The number of likely N-dealkylation sites (tertiary alicyclic amines) is 1. The highest BCUT2D eigenvalue weighted by molar-refractivity contribution is 5.30. The number of nitrogens with zero attached hydrogens (tertiary/aromatic N) is 3. The van der Waals surface area contributed by atoms with Crippen LogP contribution in [0.1, 0.15) is 18.9 Å². The molecule has 2 aromatic rings. The number of para-hydroxylation sites is 1. The van der Waals surface area contributed by atoms with Crippen molar-refractivity contribution in [3.05, 3.63) is 48.3 Å². The minimum atomic E-state index is 0.287. The molecule has 0 amide bonds. The maximum absolute atomic E-state index is 5.86. The molecule has 1 aromatic carbocycles. The molecule has 4 heteroatoms. The number of rotatable bonds is 4. The average Bonchev–Trinajstić information content (AvgIpc) is 3.08. The SMILES string of the molecule is CC1(CN)CCN(Cc2cnn(-c3ccccc3)c2)C1. The van der Waals surface area contributed by atoms with Crippen LogP contribution in [0.4, 0.5) is 0 Å². The molecule has 0 bridgehead atoms. The lowest BCUT2D eigenvalue weighted by atomic mass is 9.90. The normalized spacial score (nSPS) is 23.3. The molecule has 1 unspecified atom stereocenters. The monoisotopic (exact) mass is 270 g/mol. The highest BCUT2D eigenvalue weighted by atomic mass is 15.3. The van der Waals surface area contributed by atoms with E-state index in [2.05, 4.69) is 35.3 Å². The van der Waals surface area contributed by atoms with Gasteiger partial charge in [-0.1, -0.05) is 25.1 Å². The molecule has 20 heavy (non-hydrogen) atoms. The van der Waals surface area contributed by atoms with Crippen LogP contribution in [0.5, 0.6) is 0 Å². The Labute approximate surface area is 120 Å². The number of aromatic nitrogens is 2. The van der Waals surface area contributed by atoms with Crippen molar-refractivity contribution in [3.8, 4) is 5.69 Å². The fourth-order valence-corrected chi connectivity index (χ4v) is 2.85. The average molecular weight is 270 g/mol. The standard InChI is InChI=1S/C16H22N4/c1-16(12-17)7-8-19(13-16)10-14-9-18-20(11-14)15-5-3-2-4-6-15/h2-6,9,11H,7-8,10,12-13,17H2,1H3. The minimum absolute atomic E-state index is 0.287. The van der Waals surface area contributed by atoms with Gasteiger partial charge in [0.05, 0.1) is 11.9 Å². The molecule has 3 rings (SSSR count). The van der Waals surface area contributed by atoms with Crippen molar-refractivity contribution >= 4 is 0 Å². The third kappa shape index (κ3) is 2.76. The van der Waals surface area contributed by atoms with Gasteiger partial charge in [0, 0.05) is 24.8 Å². The van der Waals surface area contributed by atoms with E-state index in [4.69, 9.17) is 5.73 Å². The second-order valence-electron chi connectivity index (χ2n) is 6.10. The predicted octanol–water partition coefficient (Wildman–Crippen LogP) is 2.04. The summed E-state index contributed by atoms with van der Waals surface area (Å²) in [5.41, 5.74) is 8.51. The van der Waals surface area contributed by atoms with Crippen LogP contribution in [0.3, 0.4) is 0 Å². The molecule has 1 aliphatic heterocycles. The summed E-state index contributed by atoms with van der Waals surface area (Å²) in [7, 11) is 0. The van der Waals surface area contributed by atoms with Crippen molar-refractivity contribution in [2.45, 2.75) is 19.9 Å². The van der Waals surface area contributed by atoms with Crippen LogP contribution >= 0.6 is 0 Å². The Morgan fingerprint density at radius 2 is 2.10 bits per heavy atom. The molecule has 1 aromatic heterocycles. The Morgan fingerprint density at radius 1 is 1.30 bits per heavy atom. The number of nitrogens with two attached hydrogens (primary N) is 1. The van der Waals surface area contributed by atoms with E-state index >= 15 is 0 Å². The molecule has 1 atom stereocenters. The zero-order chi connectivity index (χ0) is 14.0. The molecule has 0 aliphatic carbocycles. The van der Waals surface area contributed by atoms with Gasteiger partial charge in [-0.15, -0.1) is 0 Å². The molecule has 2 N–H and O–H groups in total. The fraction of sp³-hybridized carbons (Fsp3) is 0.438. The number of hydrogen-bond acceptors (Lipinski definition) is 3. The topological polar surface area (TPSA) is 47.1 Å². The van der Waals surface area contributed by atoms with Gasteiger partial charge in [0.2, 0.25) is 0 Å². The van der Waals surface area contributed by atoms with E-state index in [-0.39, 0.29) is 5.41 Å². The van der Waals surface area contributed by atoms with E-state index in [9.17, 15) is 0 Å². The van der Waals surface area contributed by atoms with Crippen molar-refractivity contribution in [1.29, 1.82) is 0 Å². The molecule has 2 heterocycles. The van der Waals surface area contributed by atoms with Gasteiger partial charge >= 0.3 is 0 Å². The van der Waals surface area contributed by atoms with Crippen molar-refractivity contribution in [2.75, 3.05) is 19.6 Å². The first-order valence-electron chi connectivity index (χ1n) is 7.20. The molecule has 0 saturated carbocycles. The molecule has 1 saturated heterocycles. The second-order valence-corrected chi connectivity index (χ2v) is 6.10. The van der Waals surface area contributed by atoms with Crippen LogP contribution in [0.25, 0.3) is 5.69 Å². The minimum Gasteiger partial charge on any atom is -0.330 e. The number of hydrogen-bond donors (Lipinski definition) is 1. The van der Waals surface area contributed by atoms with Crippen LogP contribution in [0, 0.1) is 5.41 Å². The zero-order valence-corrected chi connectivity index (χ0v) is 12.0. The molecular weight excluding hydrogens is 248 g/mol. The first kappa shape index (κ1) is 13.3. The van der Waals surface area contributed by atoms with E-state index in [0.717, 1.165) is 31.9 Å². The predicted molar refractivity (Wildman–Crippen MR) is 80.6 cm³/mol. The zero-order valence-electron chi connectivity index (χ0n) is 12.0. The maximum atomic E-state index is 5.86. The Hall–Kier alpha value is -1.65. The lowest BCUT2D eigenvalue weighted by Gasteiger charge is -2.22. The molecule has 0 spiro atoms. The van der Waals surface area contributed by atoms with E-state index in [1.807, 2.05) is 29.1 Å². The summed E-state index contributed by atoms with van der Waals surface area (Å²) >= 11 is 0. The van der Waals surface area contributed by atoms with Crippen LogP contribution in [0.15, 0.2) is 42.7 Å². The van der Waals surface area contributed by atoms with E-state index in [1.165, 1.54) is 12.0 Å². The van der Waals surface area contributed by atoms with Gasteiger partial charge in [0.25, 0.3) is 0 Å². The van der Waals surface area contributed by atoms with Crippen molar-refractivity contribution in [1.82, 2.24) is 14.7 Å². The summed E-state index contributed by atoms with van der Waals surface area (Å²) in [5.74, 6) is 0. The third-order valence-corrected chi connectivity index (χ3v) is 4.19. The third-order valence-electron chi connectivity index (χ3n) is 4.19. The quantitative estimate of drug-likeness (QED) is 0.925. The first-order valence-corrected chi connectivity index (χ1v) is 7.20. The Kier molecular flexibility index (Phi) is 3.59.